The summed E-state index contributed by atoms with van der Waals surface area (Å²) in [6.07, 6.45) is 1.74. The number of alkyl halides is 1. The molecular weight excluding hydrogens is 300 g/mol. The molecule has 1 unspecified atom stereocenters. The summed E-state index contributed by atoms with van der Waals surface area (Å²) < 4.78 is 24.1. The van der Waals surface area contributed by atoms with Gasteiger partial charge in [0.05, 0.1) is 10.6 Å². The Morgan fingerprint density at radius 2 is 1.76 bits per heavy atom. The fraction of sp³-hybridized carbons (Fsp3) is 0.538. The van der Waals surface area contributed by atoms with Crippen molar-refractivity contribution in [2.75, 3.05) is 11.1 Å². The Kier molecular flexibility index (Phi) is 5.67. The van der Waals surface area contributed by atoms with Crippen molar-refractivity contribution in [1.82, 2.24) is 0 Å². The van der Waals surface area contributed by atoms with Crippen molar-refractivity contribution < 1.29 is 8.42 Å². The first-order valence-electron chi connectivity index (χ1n) is 5.81. The number of benzene rings is 1. The molecule has 1 rings (SSSR count). The summed E-state index contributed by atoms with van der Waals surface area (Å²) in [5.74, 6) is 0.680. The number of hydrogen-bond donors (Lipinski definition) is 0. The smallest absolute Gasteiger partial charge is 0.178 e. The maximum Gasteiger partial charge on any atom is 0.178 e. The van der Waals surface area contributed by atoms with Crippen LogP contribution >= 0.6 is 15.9 Å². The molecule has 0 heterocycles. The molecule has 0 aliphatic heterocycles. The van der Waals surface area contributed by atoms with E-state index in [-0.39, 0.29) is 5.75 Å². The quantitative estimate of drug-likeness (QED) is 0.751. The summed E-state index contributed by atoms with van der Waals surface area (Å²) in [7, 11) is -3.11. The maximum absolute atomic E-state index is 12.0. The lowest BCUT2D eigenvalue weighted by Gasteiger charge is -2.10. The molecule has 0 bridgehead atoms. The molecular formula is C13H19BrO2S. The van der Waals surface area contributed by atoms with Crippen molar-refractivity contribution in [3.63, 3.8) is 0 Å². The van der Waals surface area contributed by atoms with Crippen LogP contribution in [0.1, 0.15) is 25.3 Å². The molecule has 1 atom stereocenters. The molecule has 17 heavy (non-hydrogen) atoms. The van der Waals surface area contributed by atoms with Crippen molar-refractivity contribution >= 4 is 25.8 Å². The summed E-state index contributed by atoms with van der Waals surface area (Å²) in [5, 5.41) is 0.929. The number of hydrogen-bond acceptors (Lipinski definition) is 2. The highest BCUT2D eigenvalue weighted by Gasteiger charge is 2.15. The van der Waals surface area contributed by atoms with Crippen LogP contribution in [0.4, 0.5) is 0 Å². The van der Waals surface area contributed by atoms with Crippen molar-refractivity contribution in [2.45, 2.75) is 31.6 Å². The van der Waals surface area contributed by atoms with E-state index in [0.29, 0.717) is 10.8 Å². The second kappa shape index (κ2) is 6.55. The Balaban J connectivity index is 2.66. The summed E-state index contributed by atoms with van der Waals surface area (Å²) in [6.45, 7) is 4.04. The largest absolute Gasteiger partial charge is 0.224 e. The number of rotatable bonds is 6. The van der Waals surface area contributed by atoms with E-state index in [1.54, 1.807) is 12.1 Å². The SMILES string of the molecule is Cc1ccc(S(=O)(=O)CCC(C)CCBr)cc1. The fourth-order valence-electron chi connectivity index (χ4n) is 1.55. The Morgan fingerprint density at radius 1 is 1.18 bits per heavy atom. The van der Waals surface area contributed by atoms with Gasteiger partial charge in [0, 0.05) is 5.33 Å². The molecule has 0 spiro atoms. The van der Waals surface area contributed by atoms with E-state index in [1.165, 1.54) is 0 Å². The fourth-order valence-corrected chi connectivity index (χ4v) is 3.83. The third-order valence-electron chi connectivity index (χ3n) is 2.86. The lowest BCUT2D eigenvalue weighted by molar-refractivity contribution is 0.536. The van der Waals surface area contributed by atoms with Crippen LogP contribution < -0.4 is 0 Å². The summed E-state index contributed by atoms with van der Waals surface area (Å²) in [6, 6.07) is 7.07. The van der Waals surface area contributed by atoms with Gasteiger partial charge >= 0.3 is 0 Å². The normalized spacial score (nSPS) is 13.6. The highest BCUT2D eigenvalue weighted by atomic mass is 79.9. The molecule has 0 fully saturated rings. The van der Waals surface area contributed by atoms with Gasteiger partial charge in [-0.3, -0.25) is 0 Å². The van der Waals surface area contributed by atoms with Crippen molar-refractivity contribution in [1.29, 1.82) is 0 Å². The van der Waals surface area contributed by atoms with Crippen LogP contribution in [-0.4, -0.2) is 19.5 Å². The van der Waals surface area contributed by atoms with Crippen LogP contribution in [0.3, 0.4) is 0 Å². The third kappa shape index (κ3) is 4.80. The second-order valence-corrected chi connectivity index (χ2v) is 7.41. The number of halogens is 1. The molecule has 0 aliphatic carbocycles. The predicted octanol–water partition coefficient (Wildman–Crippen LogP) is 3.58. The molecule has 0 amide bonds. The molecule has 0 radical (unpaired) electrons. The van der Waals surface area contributed by atoms with Crippen molar-refractivity contribution in [2.24, 2.45) is 5.92 Å². The van der Waals surface area contributed by atoms with Gasteiger partial charge in [-0.25, -0.2) is 8.42 Å². The lowest BCUT2D eigenvalue weighted by Crippen LogP contribution is -2.10. The molecule has 1 aromatic carbocycles. The Morgan fingerprint density at radius 3 is 2.29 bits per heavy atom. The summed E-state index contributed by atoms with van der Waals surface area (Å²) >= 11 is 3.37. The first-order chi connectivity index (χ1) is 7.95. The second-order valence-electron chi connectivity index (χ2n) is 4.50. The van der Waals surface area contributed by atoms with Crippen LogP contribution in [0.25, 0.3) is 0 Å². The van der Waals surface area contributed by atoms with E-state index in [4.69, 9.17) is 0 Å². The highest BCUT2D eigenvalue weighted by Crippen LogP contribution is 2.17. The predicted molar refractivity (Wildman–Crippen MR) is 75.4 cm³/mol. The van der Waals surface area contributed by atoms with Gasteiger partial charge in [-0.2, -0.15) is 0 Å². The molecule has 4 heteroatoms. The van der Waals surface area contributed by atoms with Crippen LogP contribution in [0.2, 0.25) is 0 Å². The van der Waals surface area contributed by atoms with Gasteiger partial charge in [0.25, 0.3) is 0 Å². The topological polar surface area (TPSA) is 34.1 Å². The minimum Gasteiger partial charge on any atom is -0.224 e. The Bertz CT molecular complexity index is 437. The third-order valence-corrected chi connectivity index (χ3v) is 5.08. The van der Waals surface area contributed by atoms with E-state index in [1.807, 2.05) is 19.1 Å². The van der Waals surface area contributed by atoms with Gasteiger partial charge in [0.2, 0.25) is 0 Å². The Hall–Kier alpha value is -0.350. The van der Waals surface area contributed by atoms with Gasteiger partial charge in [0.15, 0.2) is 9.84 Å². The molecule has 2 nitrogen and oxygen atoms in total. The van der Waals surface area contributed by atoms with Crippen molar-refractivity contribution in [3.05, 3.63) is 29.8 Å². The van der Waals surface area contributed by atoms with Gasteiger partial charge in [-0.1, -0.05) is 40.5 Å². The molecule has 0 aromatic heterocycles. The zero-order valence-electron chi connectivity index (χ0n) is 10.3. The van der Waals surface area contributed by atoms with Crippen LogP contribution in [0.5, 0.6) is 0 Å². The number of aryl methyl sites for hydroxylation is 1. The zero-order valence-corrected chi connectivity index (χ0v) is 12.7. The van der Waals surface area contributed by atoms with Gasteiger partial charge < -0.3 is 0 Å². The monoisotopic (exact) mass is 318 g/mol. The van der Waals surface area contributed by atoms with E-state index in [0.717, 1.165) is 23.7 Å². The van der Waals surface area contributed by atoms with Crippen LogP contribution in [0.15, 0.2) is 29.2 Å². The average Bonchev–Trinajstić information content (AvgIpc) is 2.28. The minimum absolute atomic E-state index is 0.240. The van der Waals surface area contributed by atoms with E-state index in [2.05, 4.69) is 22.9 Å². The van der Waals surface area contributed by atoms with Gasteiger partial charge in [0.1, 0.15) is 0 Å². The van der Waals surface area contributed by atoms with Gasteiger partial charge in [-0.15, -0.1) is 0 Å². The number of sulfone groups is 1. The van der Waals surface area contributed by atoms with Crippen LogP contribution in [0, 0.1) is 12.8 Å². The maximum atomic E-state index is 12.0. The van der Waals surface area contributed by atoms with Crippen molar-refractivity contribution in [3.8, 4) is 0 Å². The molecule has 0 N–H and O–H groups in total. The minimum atomic E-state index is -3.11. The molecule has 1 aromatic rings. The van der Waals surface area contributed by atoms with E-state index in [9.17, 15) is 8.42 Å². The van der Waals surface area contributed by atoms with E-state index >= 15 is 0 Å². The molecule has 0 saturated carbocycles. The zero-order chi connectivity index (χ0) is 12.9. The molecule has 96 valence electrons. The molecule has 0 saturated heterocycles. The van der Waals surface area contributed by atoms with Gasteiger partial charge in [-0.05, 0) is 37.8 Å². The average molecular weight is 319 g/mol. The first kappa shape index (κ1) is 14.7. The van der Waals surface area contributed by atoms with Crippen LogP contribution in [-0.2, 0) is 9.84 Å². The summed E-state index contributed by atoms with van der Waals surface area (Å²) in [5.41, 5.74) is 1.08. The summed E-state index contributed by atoms with van der Waals surface area (Å²) in [4.78, 5) is 0.439. The highest BCUT2D eigenvalue weighted by molar-refractivity contribution is 9.09. The van der Waals surface area contributed by atoms with E-state index < -0.39 is 9.84 Å². The molecule has 0 aliphatic rings. The first-order valence-corrected chi connectivity index (χ1v) is 8.58. The lowest BCUT2D eigenvalue weighted by atomic mass is 10.1. The Labute approximate surface area is 112 Å². The standard InChI is InChI=1S/C13H19BrO2S/c1-11-3-5-13(6-4-11)17(15,16)10-8-12(2)7-9-14/h3-6,12H,7-10H2,1-2H3.